The highest BCUT2D eigenvalue weighted by molar-refractivity contribution is 5.89. The van der Waals surface area contributed by atoms with Crippen molar-refractivity contribution >= 4 is 17.8 Å². The molecule has 6 nitrogen and oxygen atoms in total. The molecule has 2 fully saturated rings. The molecule has 2 aliphatic rings. The number of urea groups is 1. The molecule has 0 spiro atoms. The van der Waals surface area contributed by atoms with Gasteiger partial charge in [-0.05, 0) is 55.5 Å². The number of aromatic nitrogens is 1. The van der Waals surface area contributed by atoms with E-state index in [1.165, 1.54) is 5.57 Å². The molecule has 2 aliphatic heterocycles. The van der Waals surface area contributed by atoms with Gasteiger partial charge in [0, 0.05) is 25.9 Å². The topological polar surface area (TPSA) is 63.7 Å². The van der Waals surface area contributed by atoms with Crippen molar-refractivity contribution in [3.8, 4) is 5.75 Å². The minimum Gasteiger partial charge on any atom is -0.488 e. The zero-order chi connectivity index (χ0) is 19.9. The molecule has 0 saturated carbocycles. The number of likely N-dealkylation sites (tertiary alicyclic amines) is 1. The molecule has 1 aromatic carbocycles. The molecule has 6 heteroatoms. The molecule has 29 heavy (non-hydrogen) atoms. The van der Waals surface area contributed by atoms with Crippen molar-refractivity contribution in [2.75, 3.05) is 31.6 Å². The second-order valence-corrected chi connectivity index (χ2v) is 7.49. The number of carbonyl (C=O) groups is 1. The molecule has 4 rings (SSSR count). The van der Waals surface area contributed by atoms with Crippen LogP contribution in [0.5, 0.6) is 5.75 Å². The number of pyridine rings is 1. The Hall–Kier alpha value is -2.86. The van der Waals surface area contributed by atoms with Crippen molar-refractivity contribution in [3.63, 3.8) is 0 Å². The number of carbonyl (C=O) groups excluding carboxylic acids is 1. The van der Waals surface area contributed by atoms with Gasteiger partial charge in [0.25, 0.3) is 0 Å². The normalized spacial score (nSPS) is 19.5. The van der Waals surface area contributed by atoms with Crippen molar-refractivity contribution in [1.82, 2.24) is 9.88 Å². The number of rotatable bonds is 4. The van der Waals surface area contributed by atoms with E-state index in [2.05, 4.69) is 28.5 Å². The summed E-state index contributed by atoms with van der Waals surface area (Å²) in [5, 5.41) is 2.90. The molecule has 152 valence electrons. The summed E-state index contributed by atoms with van der Waals surface area (Å²) in [6.45, 7) is 2.94. The van der Waals surface area contributed by atoms with Crippen LogP contribution in [-0.4, -0.2) is 48.3 Å². The van der Waals surface area contributed by atoms with Gasteiger partial charge in [0.05, 0.1) is 18.5 Å². The van der Waals surface area contributed by atoms with Gasteiger partial charge in [-0.15, -0.1) is 0 Å². The maximum absolute atomic E-state index is 12.4. The molecule has 0 aliphatic carbocycles. The van der Waals surface area contributed by atoms with Crippen LogP contribution in [0, 0.1) is 0 Å². The van der Waals surface area contributed by atoms with Crippen LogP contribution in [0.4, 0.5) is 10.5 Å². The molecule has 2 aromatic rings. The van der Waals surface area contributed by atoms with Crippen molar-refractivity contribution in [1.29, 1.82) is 0 Å². The smallest absolute Gasteiger partial charge is 0.321 e. The summed E-state index contributed by atoms with van der Waals surface area (Å²) in [6.07, 6.45) is 9.57. The van der Waals surface area contributed by atoms with Crippen molar-refractivity contribution in [2.45, 2.75) is 31.8 Å². The maximum Gasteiger partial charge on any atom is 0.321 e. The fourth-order valence-electron chi connectivity index (χ4n) is 3.69. The fourth-order valence-corrected chi connectivity index (χ4v) is 3.69. The zero-order valence-electron chi connectivity index (χ0n) is 16.5. The van der Waals surface area contributed by atoms with E-state index in [4.69, 9.17) is 9.47 Å². The van der Waals surface area contributed by atoms with Gasteiger partial charge in [-0.2, -0.15) is 0 Å². The first-order valence-corrected chi connectivity index (χ1v) is 10.3. The summed E-state index contributed by atoms with van der Waals surface area (Å²) in [5.41, 5.74) is 3.22. The Bertz CT molecular complexity index is 837. The molecule has 1 unspecified atom stereocenters. The van der Waals surface area contributed by atoms with E-state index in [1.54, 1.807) is 12.4 Å². The van der Waals surface area contributed by atoms with Gasteiger partial charge in [-0.3, -0.25) is 4.98 Å². The summed E-state index contributed by atoms with van der Waals surface area (Å²) < 4.78 is 11.6. The third-order valence-corrected chi connectivity index (χ3v) is 5.26. The van der Waals surface area contributed by atoms with Gasteiger partial charge >= 0.3 is 6.03 Å². The van der Waals surface area contributed by atoms with Crippen LogP contribution >= 0.6 is 0 Å². The minimum atomic E-state index is -0.0675. The van der Waals surface area contributed by atoms with Crippen LogP contribution in [0.25, 0.3) is 6.08 Å². The maximum atomic E-state index is 12.4. The van der Waals surface area contributed by atoms with Gasteiger partial charge in [-0.1, -0.05) is 23.8 Å². The highest BCUT2D eigenvalue weighted by Gasteiger charge is 2.19. The average molecular weight is 393 g/mol. The predicted octanol–water partition coefficient (Wildman–Crippen LogP) is 4.35. The highest BCUT2D eigenvalue weighted by atomic mass is 16.5. The molecule has 2 amide bonds. The van der Waals surface area contributed by atoms with E-state index in [0.717, 1.165) is 49.3 Å². The Balaban J connectivity index is 1.31. The Morgan fingerprint density at radius 2 is 2.14 bits per heavy atom. The molecule has 2 saturated heterocycles. The molecule has 3 heterocycles. The van der Waals surface area contributed by atoms with E-state index in [0.29, 0.717) is 19.7 Å². The average Bonchev–Trinajstić information content (AvgIpc) is 2.76. The molecule has 1 atom stereocenters. The SMILES string of the molecule is O=C(Nc1cccnc1)N1CCC(=Cc2cccc(OC3CCCOC3)c2)CC1. The van der Waals surface area contributed by atoms with Crippen LogP contribution in [0.1, 0.15) is 31.2 Å². The first-order valence-electron chi connectivity index (χ1n) is 10.3. The largest absolute Gasteiger partial charge is 0.488 e. The fraction of sp³-hybridized carbons (Fsp3) is 0.391. The summed E-state index contributed by atoms with van der Waals surface area (Å²) >= 11 is 0. The van der Waals surface area contributed by atoms with Gasteiger partial charge in [0.2, 0.25) is 0 Å². The number of piperidine rings is 1. The van der Waals surface area contributed by atoms with E-state index in [-0.39, 0.29) is 12.1 Å². The molecular formula is C23H27N3O3. The molecular weight excluding hydrogens is 366 g/mol. The van der Waals surface area contributed by atoms with Crippen LogP contribution in [0.2, 0.25) is 0 Å². The number of anilines is 1. The summed E-state index contributed by atoms with van der Waals surface area (Å²) in [6, 6.07) is 11.8. The Kier molecular flexibility index (Phi) is 6.42. The number of ether oxygens (including phenoxy) is 2. The lowest BCUT2D eigenvalue weighted by molar-refractivity contribution is 0.00742. The molecule has 1 N–H and O–H groups in total. The summed E-state index contributed by atoms with van der Waals surface area (Å²) in [7, 11) is 0. The van der Waals surface area contributed by atoms with Gasteiger partial charge < -0.3 is 19.7 Å². The Labute approximate surface area is 171 Å². The molecule has 0 bridgehead atoms. The van der Waals surface area contributed by atoms with Gasteiger partial charge in [0.15, 0.2) is 0 Å². The minimum absolute atomic E-state index is 0.0675. The van der Waals surface area contributed by atoms with E-state index < -0.39 is 0 Å². The van der Waals surface area contributed by atoms with E-state index in [1.807, 2.05) is 29.2 Å². The number of amides is 2. The third kappa shape index (κ3) is 5.57. The van der Waals surface area contributed by atoms with Crippen LogP contribution in [0.3, 0.4) is 0 Å². The van der Waals surface area contributed by atoms with Crippen LogP contribution in [0.15, 0.2) is 54.4 Å². The lowest BCUT2D eigenvalue weighted by Gasteiger charge is -2.28. The highest BCUT2D eigenvalue weighted by Crippen LogP contribution is 2.23. The van der Waals surface area contributed by atoms with Gasteiger partial charge in [-0.25, -0.2) is 4.79 Å². The quantitative estimate of drug-likeness (QED) is 0.839. The van der Waals surface area contributed by atoms with Crippen LogP contribution < -0.4 is 10.1 Å². The Morgan fingerprint density at radius 3 is 2.90 bits per heavy atom. The number of nitrogens with zero attached hydrogens (tertiary/aromatic N) is 2. The molecule has 1 aromatic heterocycles. The predicted molar refractivity (Wildman–Crippen MR) is 113 cm³/mol. The number of benzene rings is 1. The van der Waals surface area contributed by atoms with Crippen molar-refractivity contribution in [2.24, 2.45) is 0 Å². The standard InChI is InChI=1S/C23H27N3O3/c27-23(25-20-5-2-10-24-16-20)26-11-8-18(9-12-26)14-19-4-1-6-21(15-19)29-22-7-3-13-28-17-22/h1-2,4-6,10,14-16,22H,3,7-9,11-13,17H2,(H,25,27). The third-order valence-electron chi connectivity index (χ3n) is 5.26. The molecule has 0 radical (unpaired) electrons. The first kappa shape index (κ1) is 19.5. The van der Waals surface area contributed by atoms with Gasteiger partial charge in [0.1, 0.15) is 11.9 Å². The second kappa shape index (κ2) is 9.56. The van der Waals surface area contributed by atoms with E-state index >= 15 is 0 Å². The zero-order valence-corrected chi connectivity index (χ0v) is 16.5. The number of hydrogen-bond acceptors (Lipinski definition) is 4. The second-order valence-electron chi connectivity index (χ2n) is 7.49. The van der Waals surface area contributed by atoms with Crippen molar-refractivity contribution < 1.29 is 14.3 Å². The summed E-state index contributed by atoms with van der Waals surface area (Å²) in [5.74, 6) is 0.892. The van der Waals surface area contributed by atoms with Crippen molar-refractivity contribution in [3.05, 3.63) is 59.9 Å². The van der Waals surface area contributed by atoms with Crippen LogP contribution in [-0.2, 0) is 4.74 Å². The number of nitrogens with one attached hydrogen (secondary N) is 1. The van der Waals surface area contributed by atoms with E-state index in [9.17, 15) is 4.79 Å². The Morgan fingerprint density at radius 1 is 1.24 bits per heavy atom. The lowest BCUT2D eigenvalue weighted by Crippen LogP contribution is -2.39. The lowest BCUT2D eigenvalue weighted by atomic mass is 10.0. The number of hydrogen-bond donors (Lipinski definition) is 1. The monoisotopic (exact) mass is 393 g/mol. The first-order chi connectivity index (χ1) is 14.3. The summed E-state index contributed by atoms with van der Waals surface area (Å²) in [4.78, 5) is 18.3.